The van der Waals surface area contributed by atoms with E-state index in [1.165, 1.54) is 89.0 Å². The zero-order valence-corrected chi connectivity index (χ0v) is 35.6. The number of unbranched alkanes of at least 4 members (excludes halogenated alkanes) is 14. The van der Waals surface area contributed by atoms with Gasteiger partial charge in [-0.1, -0.05) is 144 Å². The average Bonchev–Trinajstić information content (AvgIpc) is 3.09. The van der Waals surface area contributed by atoms with E-state index in [2.05, 4.69) is 48.5 Å². The highest BCUT2D eigenvalue weighted by atomic mass is 16.5. The van der Waals surface area contributed by atoms with E-state index in [1.807, 2.05) is 13.0 Å². The summed E-state index contributed by atoms with van der Waals surface area (Å²) in [7, 11) is 0. The third kappa shape index (κ3) is 8.26. The van der Waals surface area contributed by atoms with Crippen LogP contribution in [-0.4, -0.2) is 28.9 Å². The van der Waals surface area contributed by atoms with Crippen molar-refractivity contribution in [3.05, 3.63) is 11.6 Å². The Bertz CT molecular complexity index is 1330. The summed E-state index contributed by atoms with van der Waals surface area (Å²) in [4.78, 5) is 40.3. The molecule has 1 N–H and O–H groups in total. The lowest BCUT2D eigenvalue weighted by Crippen LogP contribution is -2.66. The van der Waals surface area contributed by atoms with Crippen LogP contribution in [0.2, 0.25) is 0 Å². The fourth-order valence-electron chi connectivity index (χ4n) is 13.4. The van der Waals surface area contributed by atoms with E-state index in [-0.39, 0.29) is 56.8 Å². The number of ether oxygens (including phenoxy) is 1. The summed E-state index contributed by atoms with van der Waals surface area (Å²) in [6.07, 6.45) is 30.3. The number of esters is 1. The lowest BCUT2D eigenvalue weighted by molar-refractivity contribution is -0.211. The first kappa shape index (κ1) is 42.5. The molecule has 5 nitrogen and oxygen atoms in total. The van der Waals surface area contributed by atoms with Crippen LogP contribution >= 0.6 is 0 Å². The van der Waals surface area contributed by atoms with Crippen LogP contribution in [0.25, 0.3) is 0 Å². The molecule has 9 atom stereocenters. The Hall–Kier alpha value is -1.65. The number of rotatable bonds is 18. The molecule has 0 aromatic heterocycles. The smallest absolute Gasteiger partial charge is 0.309 e. The average molecular weight is 737 g/mol. The fraction of sp³-hybridized carbons (Fsp3) is 0.896. The number of carboxylic acid groups (broad SMARTS) is 1. The first-order valence-corrected chi connectivity index (χ1v) is 22.7. The Morgan fingerprint density at radius 3 is 1.83 bits per heavy atom. The summed E-state index contributed by atoms with van der Waals surface area (Å²) in [6.45, 7) is 18.4. The van der Waals surface area contributed by atoms with Gasteiger partial charge in [0.1, 0.15) is 6.10 Å². The van der Waals surface area contributed by atoms with E-state index in [4.69, 9.17) is 4.74 Å². The maximum absolute atomic E-state index is 14.7. The largest absolute Gasteiger partial charge is 0.481 e. The second-order valence-electron chi connectivity index (χ2n) is 21.1. The van der Waals surface area contributed by atoms with Gasteiger partial charge in [-0.05, 0) is 111 Å². The van der Waals surface area contributed by atoms with Crippen LogP contribution in [0.4, 0.5) is 0 Å². The van der Waals surface area contributed by atoms with Crippen LogP contribution in [0.1, 0.15) is 216 Å². The molecule has 0 spiro atoms. The number of ketones is 1. The first-order chi connectivity index (χ1) is 25.0. The molecule has 4 fully saturated rings. The lowest BCUT2D eigenvalue weighted by atomic mass is 9.33. The molecule has 53 heavy (non-hydrogen) atoms. The lowest BCUT2D eigenvalue weighted by Gasteiger charge is -2.70. The molecular formula is C48H80O5. The highest BCUT2D eigenvalue weighted by molar-refractivity contribution is 5.95. The maximum atomic E-state index is 14.7. The Morgan fingerprint density at radius 2 is 1.26 bits per heavy atom. The number of carbonyl (C=O) groups excluding carboxylic acids is 2. The summed E-state index contributed by atoms with van der Waals surface area (Å²) in [5.41, 5.74) is -0.0849. The van der Waals surface area contributed by atoms with Crippen LogP contribution in [-0.2, 0) is 19.1 Å². The first-order valence-electron chi connectivity index (χ1n) is 22.7. The van der Waals surface area contributed by atoms with Gasteiger partial charge in [-0.3, -0.25) is 14.4 Å². The second-order valence-corrected chi connectivity index (χ2v) is 21.1. The van der Waals surface area contributed by atoms with Gasteiger partial charge in [-0.2, -0.15) is 0 Å². The Morgan fingerprint density at radius 1 is 0.717 bits per heavy atom. The normalized spacial score (nSPS) is 38.9. The van der Waals surface area contributed by atoms with Crippen molar-refractivity contribution in [1.29, 1.82) is 0 Å². The number of aliphatic carboxylic acids is 1. The minimum Gasteiger partial charge on any atom is -0.481 e. The quantitative estimate of drug-likeness (QED) is 0.112. The molecule has 5 aliphatic carbocycles. The minimum absolute atomic E-state index is 0.0399. The van der Waals surface area contributed by atoms with Crippen LogP contribution in [0.5, 0.6) is 0 Å². The Kier molecular flexibility index (Phi) is 13.5. The molecule has 0 saturated heterocycles. The van der Waals surface area contributed by atoms with Crippen molar-refractivity contribution in [2.45, 2.75) is 222 Å². The zero-order chi connectivity index (χ0) is 38.7. The number of hydrogen-bond acceptors (Lipinski definition) is 4. The molecule has 0 radical (unpaired) electrons. The van der Waals surface area contributed by atoms with E-state index >= 15 is 0 Å². The highest BCUT2D eigenvalue weighted by Gasteiger charge is 2.70. The predicted molar refractivity (Wildman–Crippen MR) is 216 cm³/mol. The van der Waals surface area contributed by atoms with Crippen molar-refractivity contribution in [2.75, 3.05) is 0 Å². The van der Waals surface area contributed by atoms with Crippen LogP contribution in [0.3, 0.4) is 0 Å². The third-order valence-electron chi connectivity index (χ3n) is 17.3. The summed E-state index contributed by atoms with van der Waals surface area (Å²) in [6, 6.07) is 0. The van der Waals surface area contributed by atoms with Gasteiger partial charge in [0.25, 0.3) is 0 Å². The monoisotopic (exact) mass is 737 g/mol. The van der Waals surface area contributed by atoms with Crippen LogP contribution in [0, 0.1) is 50.2 Å². The van der Waals surface area contributed by atoms with Gasteiger partial charge in [-0.25, -0.2) is 0 Å². The molecule has 0 amide bonds. The molecule has 4 saturated carbocycles. The fourth-order valence-corrected chi connectivity index (χ4v) is 13.4. The standard InChI is InChI=1S/C48H80O5/c1-9-10-11-12-13-14-15-16-17-18-19-20-21-22-23-24-40(50)53-39-26-27-46(6)38(43(39,2)3)25-28-48(8)41(46)37(49)33-35-36-34-45(5,42(51)52)30-29-44(36,4)31-32-47(35,48)7/h33,36,38-39,41H,9-32,34H2,1-8H3,(H,51,52)/t36-,38-,39?,41+,44+,45-,46-,47+,48+/m0/s1. The molecule has 0 bridgehead atoms. The van der Waals surface area contributed by atoms with Gasteiger partial charge < -0.3 is 9.84 Å². The molecule has 5 rings (SSSR count). The molecule has 0 aromatic carbocycles. The van der Waals surface area contributed by atoms with E-state index < -0.39 is 11.4 Å². The predicted octanol–water partition coefficient (Wildman–Crippen LogP) is 13.2. The number of allylic oxidation sites excluding steroid dienone is 2. The zero-order valence-electron chi connectivity index (χ0n) is 35.6. The highest BCUT2D eigenvalue weighted by Crippen LogP contribution is 2.75. The van der Waals surface area contributed by atoms with Crippen molar-refractivity contribution >= 4 is 17.7 Å². The van der Waals surface area contributed by atoms with Gasteiger partial charge in [-0.15, -0.1) is 0 Å². The SMILES string of the molecule is CCCCCCCCCCCCCCCCCC(=O)OC1CC[C@]2(C)[C@H]3C(=O)C=C4[C@@H]5C[C@@](C)(C(=O)O)CC[C@]5(C)CC[C@@]4(C)[C@]3(C)CC[C@H]2C1(C)C. The third-order valence-corrected chi connectivity index (χ3v) is 17.3. The van der Waals surface area contributed by atoms with Gasteiger partial charge in [0.05, 0.1) is 5.41 Å². The van der Waals surface area contributed by atoms with Crippen molar-refractivity contribution in [1.82, 2.24) is 0 Å². The van der Waals surface area contributed by atoms with E-state index in [0.29, 0.717) is 25.2 Å². The summed E-state index contributed by atoms with van der Waals surface area (Å²) >= 11 is 0. The topological polar surface area (TPSA) is 80.7 Å². The Balaban J connectivity index is 1.12. The molecule has 5 aliphatic rings. The molecule has 0 aromatic rings. The summed E-state index contributed by atoms with van der Waals surface area (Å²) in [5, 5.41) is 10.2. The van der Waals surface area contributed by atoms with Crippen LogP contribution in [0.15, 0.2) is 11.6 Å². The minimum atomic E-state index is -0.736. The van der Waals surface area contributed by atoms with Gasteiger partial charge >= 0.3 is 11.9 Å². The van der Waals surface area contributed by atoms with Gasteiger partial charge in [0, 0.05) is 17.8 Å². The van der Waals surface area contributed by atoms with E-state index in [1.54, 1.807) is 0 Å². The molecule has 5 heteroatoms. The van der Waals surface area contributed by atoms with Crippen molar-refractivity contribution in [2.24, 2.45) is 50.2 Å². The van der Waals surface area contributed by atoms with Crippen molar-refractivity contribution in [3.63, 3.8) is 0 Å². The molecule has 0 aliphatic heterocycles. The number of carbonyl (C=O) groups is 3. The molecule has 302 valence electrons. The second kappa shape index (κ2) is 16.8. The van der Waals surface area contributed by atoms with Crippen molar-refractivity contribution < 1.29 is 24.2 Å². The number of hydrogen-bond donors (Lipinski definition) is 1. The Labute approximate surface area is 325 Å². The molecular weight excluding hydrogens is 657 g/mol. The maximum Gasteiger partial charge on any atom is 0.309 e. The number of carboxylic acids is 1. The number of fused-ring (bicyclic) bond motifs is 7. The molecule has 0 heterocycles. The summed E-state index contributed by atoms with van der Waals surface area (Å²) < 4.78 is 6.34. The van der Waals surface area contributed by atoms with Gasteiger partial charge in [0.15, 0.2) is 5.78 Å². The van der Waals surface area contributed by atoms with E-state index in [0.717, 1.165) is 57.8 Å². The van der Waals surface area contributed by atoms with Crippen LogP contribution < -0.4 is 0 Å². The van der Waals surface area contributed by atoms with Gasteiger partial charge in [0.2, 0.25) is 0 Å². The van der Waals surface area contributed by atoms with E-state index in [9.17, 15) is 19.5 Å². The summed E-state index contributed by atoms with van der Waals surface area (Å²) in [5.74, 6) is -0.0923. The van der Waals surface area contributed by atoms with Crippen molar-refractivity contribution in [3.8, 4) is 0 Å². The molecule has 1 unspecified atom stereocenters.